The fourth-order valence-corrected chi connectivity index (χ4v) is 3.98. The molecule has 0 radical (unpaired) electrons. The Morgan fingerprint density at radius 1 is 1.00 bits per heavy atom. The smallest absolute Gasteiger partial charge is 0.323 e. The molecule has 2 aromatic carbocycles. The number of nitrogens with one attached hydrogen (secondary N) is 2. The summed E-state index contributed by atoms with van der Waals surface area (Å²) in [4.78, 5) is 21.1. The maximum Gasteiger partial charge on any atom is 0.323 e. The molecule has 1 aliphatic heterocycles. The van der Waals surface area contributed by atoms with Crippen LogP contribution in [0.5, 0.6) is 11.5 Å². The number of para-hydroxylation sites is 1. The minimum absolute atomic E-state index is 0.113. The Labute approximate surface area is 202 Å². The van der Waals surface area contributed by atoms with Gasteiger partial charge in [-0.2, -0.15) is 0 Å². The Balaban J connectivity index is 1.29. The minimum Gasteiger partial charge on any atom is -0.493 e. The molecule has 0 spiro atoms. The highest BCUT2D eigenvalue weighted by Crippen LogP contribution is 2.31. The van der Waals surface area contributed by atoms with Gasteiger partial charge in [-0.05, 0) is 30.3 Å². The zero-order valence-corrected chi connectivity index (χ0v) is 19.6. The molecule has 10 heteroatoms. The molecule has 2 amide bonds. The van der Waals surface area contributed by atoms with Gasteiger partial charge in [0.1, 0.15) is 17.5 Å². The number of methoxy groups -OCH3 is 2. The molecule has 0 unspecified atom stereocenters. The van der Waals surface area contributed by atoms with Gasteiger partial charge in [0.15, 0.2) is 11.5 Å². The number of anilines is 3. The Bertz CT molecular complexity index is 1170. The standard InChI is InChI=1S/C25H27F2N5O3/c1-34-22-5-3-4-17(24(22)35-2)16-31-10-12-32(13-11-31)23-9-7-19(15-28-23)29-25(33)30-21-8-6-18(26)14-20(21)27/h3-9,14-15H,10-13,16H2,1-2H3,(H2,29,30,33). The maximum absolute atomic E-state index is 13.7. The molecule has 184 valence electrons. The van der Waals surface area contributed by atoms with Crippen molar-refractivity contribution in [1.82, 2.24) is 9.88 Å². The van der Waals surface area contributed by atoms with Crippen molar-refractivity contribution in [3.05, 3.63) is 71.9 Å². The van der Waals surface area contributed by atoms with Crippen molar-refractivity contribution >= 4 is 23.2 Å². The van der Waals surface area contributed by atoms with Crippen molar-refractivity contribution in [2.45, 2.75) is 6.54 Å². The molecular weight excluding hydrogens is 456 g/mol. The Morgan fingerprint density at radius 2 is 1.80 bits per heavy atom. The van der Waals surface area contributed by atoms with Crippen LogP contribution in [0.25, 0.3) is 0 Å². The molecule has 2 N–H and O–H groups in total. The van der Waals surface area contributed by atoms with Crippen LogP contribution in [-0.4, -0.2) is 56.3 Å². The summed E-state index contributed by atoms with van der Waals surface area (Å²) in [6.07, 6.45) is 1.55. The van der Waals surface area contributed by atoms with Gasteiger partial charge in [-0.25, -0.2) is 18.6 Å². The summed E-state index contributed by atoms with van der Waals surface area (Å²) in [5, 5.41) is 4.95. The third kappa shape index (κ3) is 5.96. The molecule has 1 aromatic heterocycles. The summed E-state index contributed by atoms with van der Waals surface area (Å²) in [6, 6.07) is 11.7. The largest absolute Gasteiger partial charge is 0.493 e. The van der Waals surface area contributed by atoms with E-state index in [2.05, 4.69) is 25.4 Å². The number of carbonyl (C=O) groups excluding carboxylic acids is 1. The van der Waals surface area contributed by atoms with E-state index in [4.69, 9.17) is 9.47 Å². The van der Waals surface area contributed by atoms with Crippen molar-refractivity contribution in [3.8, 4) is 11.5 Å². The number of nitrogens with zero attached hydrogens (tertiary/aromatic N) is 3. The lowest BCUT2D eigenvalue weighted by Crippen LogP contribution is -2.46. The van der Waals surface area contributed by atoms with Gasteiger partial charge < -0.3 is 25.0 Å². The van der Waals surface area contributed by atoms with Crippen molar-refractivity contribution in [2.24, 2.45) is 0 Å². The third-order valence-corrected chi connectivity index (χ3v) is 5.76. The number of pyridine rings is 1. The lowest BCUT2D eigenvalue weighted by molar-refractivity contribution is 0.244. The van der Waals surface area contributed by atoms with Crippen molar-refractivity contribution in [2.75, 3.05) is 55.9 Å². The molecule has 0 bridgehead atoms. The predicted octanol–water partition coefficient (Wildman–Crippen LogP) is 4.34. The molecule has 0 saturated carbocycles. The monoisotopic (exact) mass is 483 g/mol. The van der Waals surface area contributed by atoms with Crippen LogP contribution in [0.15, 0.2) is 54.7 Å². The minimum atomic E-state index is -0.849. The normalized spacial score (nSPS) is 13.9. The molecule has 1 fully saturated rings. The number of urea groups is 1. The van der Waals surface area contributed by atoms with Gasteiger partial charge in [0, 0.05) is 44.4 Å². The highest BCUT2D eigenvalue weighted by Gasteiger charge is 2.20. The van der Waals surface area contributed by atoms with Crippen molar-refractivity contribution in [1.29, 1.82) is 0 Å². The van der Waals surface area contributed by atoms with Gasteiger partial charge >= 0.3 is 6.03 Å². The van der Waals surface area contributed by atoms with Crippen LogP contribution in [-0.2, 0) is 6.54 Å². The second-order valence-corrected chi connectivity index (χ2v) is 8.02. The number of amides is 2. The Morgan fingerprint density at radius 3 is 2.46 bits per heavy atom. The molecular formula is C25H27F2N5O3. The molecule has 1 saturated heterocycles. The van der Waals surface area contributed by atoms with E-state index in [9.17, 15) is 13.6 Å². The fourth-order valence-electron chi connectivity index (χ4n) is 3.98. The first-order valence-corrected chi connectivity index (χ1v) is 11.1. The first-order chi connectivity index (χ1) is 17.0. The zero-order chi connectivity index (χ0) is 24.8. The summed E-state index contributed by atoms with van der Waals surface area (Å²) < 4.78 is 37.7. The van der Waals surface area contributed by atoms with E-state index in [1.165, 1.54) is 0 Å². The first-order valence-electron chi connectivity index (χ1n) is 11.1. The van der Waals surface area contributed by atoms with Crippen molar-refractivity contribution in [3.63, 3.8) is 0 Å². The molecule has 0 aliphatic carbocycles. The average molecular weight is 484 g/mol. The number of hydrogen-bond acceptors (Lipinski definition) is 6. The van der Waals surface area contributed by atoms with Gasteiger partial charge in [-0.15, -0.1) is 0 Å². The van der Waals surface area contributed by atoms with Gasteiger partial charge in [-0.3, -0.25) is 4.90 Å². The van der Waals surface area contributed by atoms with Crippen LogP contribution in [0.2, 0.25) is 0 Å². The topological polar surface area (TPSA) is 79.0 Å². The third-order valence-electron chi connectivity index (χ3n) is 5.76. The summed E-state index contributed by atoms with van der Waals surface area (Å²) in [7, 11) is 3.28. The van der Waals surface area contributed by atoms with Crippen LogP contribution < -0.4 is 25.0 Å². The molecule has 2 heterocycles. The number of rotatable bonds is 7. The lowest BCUT2D eigenvalue weighted by atomic mass is 10.1. The maximum atomic E-state index is 13.7. The van der Waals surface area contributed by atoms with E-state index < -0.39 is 17.7 Å². The second-order valence-electron chi connectivity index (χ2n) is 8.02. The van der Waals surface area contributed by atoms with E-state index in [0.29, 0.717) is 11.8 Å². The first kappa shape index (κ1) is 24.2. The lowest BCUT2D eigenvalue weighted by Gasteiger charge is -2.35. The van der Waals surface area contributed by atoms with E-state index in [0.717, 1.165) is 67.7 Å². The molecule has 0 atom stereocenters. The molecule has 35 heavy (non-hydrogen) atoms. The summed E-state index contributed by atoms with van der Waals surface area (Å²) in [5.41, 5.74) is 1.42. The highest BCUT2D eigenvalue weighted by molar-refractivity contribution is 5.99. The van der Waals surface area contributed by atoms with E-state index >= 15 is 0 Å². The van der Waals surface area contributed by atoms with Gasteiger partial charge in [0.2, 0.25) is 0 Å². The zero-order valence-electron chi connectivity index (χ0n) is 19.6. The number of hydrogen-bond donors (Lipinski definition) is 2. The summed E-state index contributed by atoms with van der Waals surface area (Å²) in [6.45, 7) is 4.07. The predicted molar refractivity (Wildman–Crippen MR) is 130 cm³/mol. The Kier molecular flexibility index (Phi) is 7.61. The van der Waals surface area contributed by atoms with Gasteiger partial charge in [-0.1, -0.05) is 12.1 Å². The fraction of sp³-hybridized carbons (Fsp3) is 0.280. The van der Waals surface area contributed by atoms with E-state index in [1.807, 2.05) is 24.3 Å². The number of halogens is 2. The number of piperazine rings is 1. The molecule has 1 aliphatic rings. The quantitative estimate of drug-likeness (QED) is 0.521. The number of benzene rings is 2. The van der Waals surface area contributed by atoms with Crippen LogP contribution in [0.3, 0.4) is 0 Å². The number of aromatic nitrogens is 1. The molecule has 3 aromatic rings. The van der Waals surface area contributed by atoms with Crippen LogP contribution in [0, 0.1) is 11.6 Å². The second kappa shape index (κ2) is 11.0. The number of ether oxygens (including phenoxy) is 2. The van der Waals surface area contributed by atoms with Gasteiger partial charge in [0.25, 0.3) is 0 Å². The highest BCUT2D eigenvalue weighted by atomic mass is 19.1. The molecule has 4 rings (SSSR count). The average Bonchev–Trinajstić information content (AvgIpc) is 2.86. The summed E-state index contributed by atoms with van der Waals surface area (Å²) >= 11 is 0. The molecule has 8 nitrogen and oxygen atoms in total. The van der Waals surface area contributed by atoms with E-state index in [-0.39, 0.29) is 5.69 Å². The van der Waals surface area contributed by atoms with Crippen LogP contribution in [0.1, 0.15) is 5.56 Å². The van der Waals surface area contributed by atoms with E-state index in [1.54, 1.807) is 26.5 Å². The number of carbonyl (C=O) groups is 1. The summed E-state index contributed by atoms with van der Waals surface area (Å²) in [5.74, 6) is 0.720. The van der Waals surface area contributed by atoms with Crippen LogP contribution in [0.4, 0.5) is 30.8 Å². The van der Waals surface area contributed by atoms with Crippen LogP contribution >= 0.6 is 0 Å². The SMILES string of the molecule is COc1cccc(CN2CCN(c3ccc(NC(=O)Nc4ccc(F)cc4F)cn3)CC2)c1OC. The Hall–Kier alpha value is -3.92. The van der Waals surface area contributed by atoms with Gasteiger partial charge in [0.05, 0.1) is 31.8 Å². The van der Waals surface area contributed by atoms with Crippen molar-refractivity contribution < 1.29 is 23.0 Å².